The van der Waals surface area contributed by atoms with Gasteiger partial charge < -0.3 is 11.1 Å². The molecule has 18 heavy (non-hydrogen) atoms. The number of benzene rings is 2. The number of halogens is 2. The molecule has 0 saturated heterocycles. The molecule has 0 fully saturated rings. The summed E-state index contributed by atoms with van der Waals surface area (Å²) in [6.45, 7) is 0.381. The fourth-order valence-electron chi connectivity index (χ4n) is 1.75. The third-order valence-electron chi connectivity index (χ3n) is 2.67. The minimum Gasteiger partial charge on any atom is -0.377 e. The maximum absolute atomic E-state index is 13.2. The quantitative estimate of drug-likeness (QED) is 0.886. The van der Waals surface area contributed by atoms with Crippen LogP contribution in [0, 0.1) is 5.82 Å². The van der Waals surface area contributed by atoms with Gasteiger partial charge in [0.15, 0.2) is 0 Å². The Kier molecular flexibility index (Phi) is 4.18. The first kappa shape index (κ1) is 12.9. The molecule has 0 aliphatic heterocycles. The van der Waals surface area contributed by atoms with Gasteiger partial charge in [0.1, 0.15) is 5.82 Å². The fraction of sp³-hybridized carbons (Fsp3) is 0.143. The van der Waals surface area contributed by atoms with Crippen LogP contribution in [0.4, 0.5) is 10.1 Å². The first-order chi connectivity index (χ1) is 8.69. The summed E-state index contributed by atoms with van der Waals surface area (Å²) in [7, 11) is 0. The average molecular weight is 265 g/mol. The van der Waals surface area contributed by atoms with Crippen molar-refractivity contribution >= 4 is 17.3 Å². The van der Waals surface area contributed by atoms with Crippen LogP contribution in [-0.2, 0) is 0 Å². The third-order valence-corrected chi connectivity index (χ3v) is 2.92. The van der Waals surface area contributed by atoms with E-state index in [-0.39, 0.29) is 11.9 Å². The summed E-state index contributed by atoms with van der Waals surface area (Å²) in [4.78, 5) is 0. The van der Waals surface area contributed by atoms with Crippen molar-refractivity contribution in [3.63, 3.8) is 0 Å². The van der Waals surface area contributed by atoms with Gasteiger partial charge in [-0.15, -0.1) is 0 Å². The zero-order chi connectivity index (χ0) is 13.0. The number of anilines is 1. The van der Waals surface area contributed by atoms with Crippen LogP contribution in [-0.4, -0.2) is 6.54 Å². The van der Waals surface area contributed by atoms with Crippen molar-refractivity contribution in [3.8, 4) is 0 Å². The van der Waals surface area contributed by atoms with Crippen LogP contribution >= 0.6 is 11.6 Å². The Morgan fingerprint density at radius 3 is 2.50 bits per heavy atom. The van der Waals surface area contributed by atoms with Crippen LogP contribution in [0.25, 0.3) is 0 Å². The molecule has 2 rings (SSSR count). The van der Waals surface area contributed by atoms with Crippen LogP contribution < -0.4 is 11.1 Å². The normalized spacial score (nSPS) is 12.2. The molecule has 0 spiro atoms. The van der Waals surface area contributed by atoms with Crippen molar-refractivity contribution in [3.05, 3.63) is 64.9 Å². The van der Waals surface area contributed by atoms with E-state index in [1.54, 1.807) is 18.2 Å². The van der Waals surface area contributed by atoms with Gasteiger partial charge in [0.05, 0.1) is 6.04 Å². The summed E-state index contributed by atoms with van der Waals surface area (Å²) in [5.41, 5.74) is 7.45. The predicted molar refractivity (Wildman–Crippen MR) is 73.3 cm³/mol. The zero-order valence-electron chi connectivity index (χ0n) is 9.74. The third kappa shape index (κ3) is 3.22. The molecule has 0 aliphatic carbocycles. The summed E-state index contributed by atoms with van der Waals surface area (Å²) < 4.78 is 13.2. The highest BCUT2D eigenvalue weighted by Gasteiger charge is 2.09. The van der Waals surface area contributed by atoms with E-state index in [1.807, 2.05) is 18.2 Å². The van der Waals surface area contributed by atoms with Gasteiger partial charge in [0.25, 0.3) is 0 Å². The summed E-state index contributed by atoms with van der Waals surface area (Å²) in [5.74, 6) is -0.260. The van der Waals surface area contributed by atoms with Gasteiger partial charge in [0.2, 0.25) is 0 Å². The molecule has 0 radical (unpaired) electrons. The Bertz CT molecular complexity index is 513. The lowest BCUT2D eigenvalue weighted by atomic mass is 10.1. The van der Waals surface area contributed by atoms with Gasteiger partial charge in [-0.1, -0.05) is 23.7 Å². The topological polar surface area (TPSA) is 38.0 Å². The van der Waals surface area contributed by atoms with E-state index >= 15 is 0 Å². The van der Waals surface area contributed by atoms with E-state index in [1.165, 1.54) is 12.1 Å². The summed E-state index contributed by atoms with van der Waals surface area (Å²) in [6.07, 6.45) is 0. The Labute approximate surface area is 111 Å². The molecule has 0 heterocycles. The first-order valence-corrected chi connectivity index (χ1v) is 6.04. The highest BCUT2D eigenvalue weighted by molar-refractivity contribution is 6.30. The lowest BCUT2D eigenvalue weighted by Crippen LogP contribution is -2.20. The largest absolute Gasteiger partial charge is 0.377 e. The molecule has 0 aliphatic rings. The Morgan fingerprint density at radius 1 is 1.17 bits per heavy atom. The molecule has 2 nitrogen and oxygen atoms in total. The predicted octanol–water partition coefficient (Wildman–Crippen LogP) is 3.59. The fourth-order valence-corrected chi connectivity index (χ4v) is 1.87. The summed E-state index contributed by atoms with van der Waals surface area (Å²) in [5, 5.41) is 3.93. The molecule has 0 amide bonds. The van der Waals surface area contributed by atoms with Crippen LogP contribution in [0.3, 0.4) is 0 Å². The molecule has 2 aromatic rings. The molecule has 1 atom stereocenters. The molecule has 0 saturated carbocycles. The second-order valence-corrected chi connectivity index (χ2v) is 4.43. The van der Waals surface area contributed by atoms with Gasteiger partial charge in [-0.2, -0.15) is 0 Å². The van der Waals surface area contributed by atoms with E-state index in [9.17, 15) is 4.39 Å². The number of hydrogen-bond donors (Lipinski definition) is 2. The standard InChI is InChI=1S/C14H14ClFN2/c15-11-4-6-13(7-5-11)18-14(9-17)10-2-1-3-12(16)8-10/h1-8,14,18H,9,17H2. The Morgan fingerprint density at radius 2 is 1.89 bits per heavy atom. The molecule has 1 unspecified atom stereocenters. The van der Waals surface area contributed by atoms with Gasteiger partial charge in [-0.05, 0) is 42.0 Å². The van der Waals surface area contributed by atoms with Crippen LogP contribution in [0.2, 0.25) is 5.02 Å². The molecule has 4 heteroatoms. The monoisotopic (exact) mass is 264 g/mol. The minimum atomic E-state index is -0.260. The van der Waals surface area contributed by atoms with Gasteiger partial charge >= 0.3 is 0 Å². The maximum Gasteiger partial charge on any atom is 0.123 e. The highest BCUT2D eigenvalue weighted by atomic mass is 35.5. The first-order valence-electron chi connectivity index (χ1n) is 5.66. The van der Waals surface area contributed by atoms with Crippen molar-refractivity contribution in [1.82, 2.24) is 0 Å². The van der Waals surface area contributed by atoms with Crippen LogP contribution in [0.15, 0.2) is 48.5 Å². The summed E-state index contributed by atoms with van der Waals surface area (Å²) >= 11 is 5.82. The van der Waals surface area contributed by atoms with Crippen LogP contribution in [0.1, 0.15) is 11.6 Å². The maximum atomic E-state index is 13.2. The molecule has 94 valence electrons. The highest BCUT2D eigenvalue weighted by Crippen LogP contribution is 2.21. The van der Waals surface area contributed by atoms with Gasteiger partial charge in [0, 0.05) is 17.3 Å². The number of rotatable bonds is 4. The zero-order valence-corrected chi connectivity index (χ0v) is 10.5. The number of nitrogens with two attached hydrogens (primary N) is 1. The van der Waals surface area contributed by atoms with Crippen molar-refractivity contribution in [2.75, 3.05) is 11.9 Å². The molecule has 3 N–H and O–H groups in total. The lowest BCUT2D eigenvalue weighted by Gasteiger charge is -2.18. The number of nitrogens with one attached hydrogen (secondary N) is 1. The second-order valence-electron chi connectivity index (χ2n) is 3.99. The van der Waals surface area contributed by atoms with Gasteiger partial charge in [-0.25, -0.2) is 4.39 Å². The van der Waals surface area contributed by atoms with E-state index < -0.39 is 0 Å². The van der Waals surface area contributed by atoms with E-state index in [4.69, 9.17) is 17.3 Å². The minimum absolute atomic E-state index is 0.123. The molecular weight excluding hydrogens is 251 g/mol. The van der Waals surface area contributed by atoms with E-state index in [2.05, 4.69) is 5.32 Å². The molecule has 0 bridgehead atoms. The van der Waals surface area contributed by atoms with Crippen molar-refractivity contribution in [2.45, 2.75) is 6.04 Å². The molecule has 0 aromatic heterocycles. The van der Waals surface area contributed by atoms with Crippen molar-refractivity contribution in [2.24, 2.45) is 5.73 Å². The van der Waals surface area contributed by atoms with E-state index in [0.29, 0.717) is 11.6 Å². The molecule has 2 aromatic carbocycles. The SMILES string of the molecule is NCC(Nc1ccc(Cl)cc1)c1cccc(F)c1. The summed E-state index contributed by atoms with van der Waals surface area (Å²) in [6, 6.07) is 13.6. The smallest absolute Gasteiger partial charge is 0.123 e. The molecular formula is C14H14ClFN2. The van der Waals surface area contributed by atoms with Crippen molar-refractivity contribution in [1.29, 1.82) is 0 Å². The Balaban J connectivity index is 2.17. The Hall–Kier alpha value is -1.58. The van der Waals surface area contributed by atoms with Crippen molar-refractivity contribution < 1.29 is 4.39 Å². The number of hydrogen-bond acceptors (Lipinski definition) is 2. The van der Waals surface area contributed by atoms with Gasteiger partial charge in [-0.3, -0.25) is 0 Å². The van der Waals surface area contributed by atoms with Crippen LogP contribution in [0.5, 0.6) is 0 Å². The average Bonchev–Trinajstić information content (AvgIpc) is 2.38. The lowest BCUT2D eigenvalue weighted by molar-refractivity contribution is 0.622. The van der Waals surface area contributed by atoms with E-state index in [0.717, 1.165) is 11.3 Å². The second kappa shape index (κ2) is 5.85.